The van der Waals surface area contributed by atoms with Gasteiger partial charge in [-0.25, -0.2) is 8.42 Å². The number of halogens is 3. The highest BCUT2D eigenvalue weighted by Gasteiger charge is 2.40. The second-order valence-electron chi connectivity index (χ2n) is 4.30. The lowest BCUT2D eigenvalue weighted by atomic mass is 10.1. The van der Waals surface area contributed by atoms with Crippen molar-refractivity contribution in [2.75, 3.05) is 24.6 Å². The highest BCUT2D eigenvalue weighted by atomic mass is 32.2. The summed E-state index contributed by atoms with van der Waals surface area (Å²) in [5.41, 5.74) is 0. The second-order valence-corrected chi connectivity index (χ2v) is 6.53. The molecule has 0 spiro atoms. The Balaban J connectivity index is 2.80. The minimum Gasteiger partial charge on any atom is -0.480 e. The van der Waals surface area contributed by atoms with Crippen LogP contribution in [0.1, 0.15) is 6.42 Å². The number of carboxylic acid groups (broad SMARTS) is 1. The summed E-state index contributed by atoms with van der Waals surface area (Å²) in [5.74, 6) is -4.55. The predicted molar refractivity (Wildman–Crippen MR) is 57.0 cm³/mol. The van der Waals surface area contributed by atoms with Gasteiger partial charge >= 0.3 is 12.1 Å². The van der Waals surface area contributed by atoms with Gasteiger partial charge in [0.05, 0.1) is 17.4 Å². The molecule has 6 nitrogen and oxygen atoms in total. The number of rotatable bonds is 4. The number of hydrogen-bond acceptors (Lipinski definition) is 4. The van der Waals surface area contributed by atoms with Gasteiger partial charge in [-0.3, -0.25) is 9.59 Å². The zero-order valence-corrected chi connectivity index (χ0v) is 10.5. The lowest BCUT2D eigenvalue weighted by Gasteiger charge is -2.24. The molecular weight excluding hydrogens is 291 g/mol. The van der Waals surface area contributed by atoms with E-state index < -0.39 is 52.7 Å². The summed E-state index contributed by atoms with van der Waals surface area (Å²) in [7, 11) is -3.42. The van der Waals surface area contributed by atoms with Gasteiger partial charge in [0, 0.05) is 0 Å². The number of nitrogens with zero attached hydrogens (tertiary/aromatic N) is 1. The molecule has 0 aromatic heterocycles. The van der Waals surface area contributed by atoms with E-state index in [1.165, 1.54) is 0 Å². The Morgan fingerprint density at radius 1 is 1.32 bits per heavy atom. The van der Waals surface area contributed by atoms with E-state index in [4.69, 9.17) is 5.11 Å². The molecule has 1 amide bonds. The highest BCUT2D eigenvalue weighted by molar-refractivity contribution is 7.91. The Hall–Kier alpha value is -1.32. The van der Waals surface area contributed by atoms with Crippen LogP contribution in [0, 0.1) is 5.92 Å². The van der Waals surface area contributed by atoms with Gasteiger partial charge in [-0.05, 0) is 6.42 Å². The number of amides is 1. The van der Waals surface area contributed by atoms with E-state index in [1.807, 2.05) is 0 Å². The molecule has 110 valence electrons. The summed E-state index contributed by atoms with van der Waals surface area (Å²) < 4.78 is 59.1. The molecule has 0 aromatic carbocycles. The first-order chi connectivity index (χ1) is 8.50. The molecule has 1 atom stereocenters. The van der Waals surface area contributed by atoms with Crippen molar-refractivity contribution in [1.29, 1.82) is 0 Å². The molecule has 0 aliphatic carbocycles. The van der Waals surface area contributed by atoms with E-state index in [1.54, 1.807) is 0 Å². The van der Waals surface area contributed by atoms with Gasteiger partial charge in [-0.1, -0.05) is 0 Å². The molecule has 1 N–H and O–H groups in total. The number of alkyl halides is 3. The lowest BCUT2D eigenvalue weighted by Crippen LogP contribution is -2.45. The van der Waals surface area contributed by atoms with Gasteiger partial charge in [0.15, 0.2) is 9.84 Å². The van der Waals surface area contributed by atoms with E-state index in [9.17, 15) is 31.2 Å². The van der Waals surface area contributed by atoms with Crippen LogP contribution < -0.4 is 0 Å². The molecule has 0 radical (unpaired) electrons. The van der Waals surface area contributed by atoms with Crippen LogP contribution in [0.5, 0.6) is 0 Å². The van der Waals surface area contributed by atoms with Crippen molar-refractivity contribution in [3.05, 3.63) is 0 Å². The molecule has 0 bridgehead atoms. The molecule has 0 saturated carbocycles. The fourth-order valence-corrected chi connectivity index (χ4v) is 3.57. The standard InChI is InChI=1S/C9H12F3NO5S/c10-9(11,12)5-13(3-7(14)15)8(16)6-1-2-19(17,18)4-6/h6H,1-5H2,(H,14,15). The van der Waals surface area contributed by atoms with Crippen LogP contribution in [-0.4, -0.2) is 61.1 Å². The Morgan fingerprint density at radius 2 is 1.89 bits per heavy atom. The van der Waals surface area contributed by atoms with Crippen molar-refractivity contribution in [3.63, 3.8) is 0 Å². The van der Waals surface area contributed by atoms with Crippen molar-refractivity contribution in [2.45, 2.75) is 12.6 Å². The molecule has 19 heavy (non-hydrogen) atoms. The van der Waals surface area contributed by atoms with E-state index in [0.717, 1.165) is 0 Å². The van der Waals surface area contributed by atoms with Crippen molar-refractivity contribution in [2.24, 2.45) is 5.92 Å². The number of carbonyl (C=O) groups is 2. The Bertz CT molecular complexity index is 473. The van der Waals surface area contributed by atoms with Crippen molar-refractivity contribution >= 4 is 21.7 Å². The van der Waals surface area contributed by atoms with Crippen LogP contribution in [0.4, 0.5) is 13.2 Å². The van der Waals surface area contributed by atoms with Crippen LogP contribution >= 0.6 is 0 Å². The first-order valence-electron chi connectivity index (χ1n) is 5.28. The fourth-order valence-electron chi connectivity index (χ4n) is 1.84. The van der Waals surface area contributed by atoms with Crippen LogP contribution in [0.25, 0.3) is 0 Å². The SMILES string of the molecule is O=C(O)CN(CC(F)(F)F)C(=O)C1CCS(=O)(=O)C1. The molecule has 1 aliphatic heterocycles. The summed E-state index contributed by atoms with van der Waals surface area (Å²) in [4.78, 5) is 22.3. The summed E-state index contributed by atoms with van der Waals surface area (Å²) in [6.07, 6.45) is -4.81. The summed E-state index contributed by atoms with van der Waals surface area (Å²) in [6.45, 7) is -2.80. The number of carboxylic acids is 1. The van der Waals surface area contributed by atoms with Gasteiger partial charge < -0.3 is 10.0 Å². The molecule has 1 heterocycles. The summed E-state index contributed by atoms with van der Waals surface area (Å²) in [5, 5.41) is 8.50. The molecule has 1 fully saturated rings. The Labute approximate surface area is 107 Å². The van der Waals surface area contributed by atoms with E-state index in [-0.39, 0.29) is 17.1 Å². The zero-order valence-electron chi connectivity index (χ0n) is 9.68. The van der Waals surface area contributed by atoms with Crippen LogP contribution in [0.2, 0.25) is 0 Å². The van der Waals surface area contributed by atoms with Gasteiger partial charge in [0.25, 0.3) is 0 Å². The first-order valence-corrected chi connectivity index (χ1v) is 7.10. The average Bonchev–Trinajstić information content (AvgIpc) is 2.54. The highest BCUT2D eigenvalue weighted by Crippen LogP contribution is 2.23. The van der Waals surface area contributed by atoms with Crippen molar-refractivity contribution in [3.8, 4) is 0 Å². The third-order valence-electron chi connectivity index (χ3n) is 2.59. The first kappa shape index (κ1) is 15.7. The van der Waals surface area contributed by atoms with E-state index in [0.29, 0.717) is 0 Å². The normalized spacial score (nSPS) is 22.2. The molecular formula is C9H12F3NO5S. The van der Waals surface area contributed by atoms with Gasteiger partial charge in [0.1, 0.15) is 13.1 Å². The van der Waals surface area contributed by atoms with Crippen LogP contribution in [0.3, 0.4) is 0 Å². The van der Waals surface area contributed by atoms with Gasteiger partial charge in [-0.15, -0.1) is 0 Å². The Kier molecular flexibility index (Phi) is 4.43. The van der Waals surface area contributed by atoms with E-state index >= 15 is 0 Å². The molecule has 1 unspecified atom stereocenters. The van der Waals surface area contributed by atoms with Crippen molar-refractivity contribution < 1.29 is 36.3 Å². The largest absolute Gasteiger partial charge is 0.480 e. The molecule has 0 aromatic rings. The minimum absolute atomic E-state index is 0.0743. The van der Waals surface area contributed by atoms with E-state index in [2.05, 4.69) is 0 Å². The number of hydrogen-bond donors (Lipinski definition) is 1. The monoisotopic (exact) mass is 303 g/mol. The number of carbonyl (C=O) groups excluding carboxylic acids is 1. The predicted octanol–water partition coefficient (Wildman–Crippen LogP) is -0.103. The maximum atomic E-state index is 12.3. The molecule has 10 heteroatoms. The minimum atomic E-state index is -4.73. The topological polar surface area (TPSA) is 91.8 Å². The third kappa shape index (κ3) is 5.05. The van der Waals surface area contributed by atoms with Crippen molar-refractivity contribution in [1.82, 2.24) is 4.90 Å². The second kappa shape index (κ2) is 5.35. The summed E-state index contributed by atoms with van der Waals surface area (Å²) in [6, 6.07) is 0. The number of aliphatic carboxylic acids is 1. The molecule has 1 saturated heterocycles. The van der Waals surface area contributed by atoms with Gasteiger partial charge in [0.2, 0.25) is 5.91 Å². The fraction of sp³-hybridized carbons (Fsp3) is 0.778. The lowest BCUT2D eigenvalue weighted by molar-refractivity contribution is -0.167. The maximum Gasteiger partial charge on any atom is 0.406 e. The smallest absolute Gasteiger partial charge is 0.406 e. The van der Waals surface area contributed by atoms with Gasteiger partial charge in [-0.2, -0.15) is 13.2 Å². The maximum absolute atomic E-state index is 12.3. The third-order valence-corrected chi connectivity index (χ3v) is 4.36. The molecule has 1 aliphatic rings. The summed E-state index contributed by atoms with van der Waals surface area (Å²) >= 11 is 0. The quantitative estimate of drug-likeness (QED) is 0.783. The average molecular weight is 303 g/mol. The van der Waals surface area contributed by atoms with Crippen LogP contribution in [0.15, 0.2) is 0 Å². The number of sulfone groups is 1. The zero-order chi connectivity index (χ0) is 14.8. The Morgan fingerprint density at radius 3 is 2.26 bits per heavy atom. The molecule has 1 rings (SSSR count). The van der Waals surface area contributed by atoms with Crippen LogP contribution in [-0.2, 0) is 19.4 Å².